The number of anilines is 2. The molecule has 0 spiro atoms. The zero-order valence-electron chi connectivity index (χ0n) is 10.2. The van der Waals surface area contributed by atoms with Crippen LogP contribution in [0.25, 0.3) is 0 Å². The first kappa shape index (κ1) is 13.2. The number of carbonyl (C=O) groups excluding carboxylic acids is 1. The van der Waals surface area contributed by atoms with E-state index in [0.717, 1.165) is 0 Å². The number of pyridine rings is 1. The van der Waals surface area contributed by atoms with E-state index in [9.17, 15) is 4.79 Å². The van der Waals surface area contributed by atoms with Gasteiger partial charge >= 0.3 is 5.97 Å². The summed E-state index contributed by atoms with van der Waals surface area (Å²) in [5, 5.41) is 9.06. The fraction of sp³-hybridized carbons (Fsp3) is 0.455. The van der Waals surface area contributed by atoms with Gasteiger partial charge in [-0.25, -0.2) is 9.78 Å². The average Bonchev–Trinajstić information content (AvgIpc) is 2.36. The molecule has 0 aliphatic rings. The number of aromatic nitrogens is 1. The highest BCUT2D eigenvalue weighted by molar-refractivity contribution is 5.95. The lowest BCUT2D eigenvalue weighted by molar-refractivity contribution is 0.0602. The predicted octanol–water partition coefficient (Wildman–Crippen LogP) is 0.267. The maximum atomic E-state index is 11.5. The van der Waals surface area contributed by atoms with E-state index >= 15 is 0 Å². The van der Waals surface area contributed by atoms with Crippen LogP contribution in [0.4, 0.5) is 11.5 Å². The third-order valence-corrected chi connectivity index (χ3v) is 2.61. The summed E-state index contributed by atoms with van der Waals surface area (Å²) in [7, 11) is 3.07. The van der Waals surface area contributed by atoms with Gasteiger partial charge in [-0.15, -0.1) is 0 Å². The highest BCUT2D eigenvalue weighted by atomic mass is 16.5. The van der Waals surface area contributed by atoms with Gasteiger partial charge in [0.25, 0.3) is 0 Å². The van der Waals surface area contributed by atoms with E-state index in [0.29, 0.717) is 5.82 Å². The van der Waals surface area contributed by atoms with Crippen molar-refractivity contribution < 1.29 is 14.6 Å². The minimum Gasteiger partial charge on any atom is -0.465 e. The Balaban J connectivity index is 3.08. The molecule has 1 unspecified atom stereocenters. The van der Waals surface area contributed by atoms with Crippen molar-refractivity contribution in [3.8, 4) is 0 Å². The van der Waals surface area contributed by atoms with E-state index in [1.165, 1.54) is 13.3 Å². The Morgan fingerprint density at radius 1 is 1.71 bits per heavy atom. The van der Waals surface area contributed by atoms with Gasteiger partial charge in [-0.2, -0.15) is 0 Å². The van der Waals surface area contributed by atoms with Gasteiger partial charge in [-0.1, -0.05) is 0 Å². The second-order valence-corrected chi connectivity index (χ2v) is 3.76. The van der Waals surface area contributed by atoms with Gasteiger partial charge < -0.3 is 20.5 Å². The Bertz CT molecular complexity index is 409. The maximum absolute atomic E-state index is 11.5. The van der Waals surface area contributed by atoms with Crippen molar-refractivity contribution in [3.05, 3.63) is 17.8 Å². The average molecular weight is 239 g/mol. The van der Waals surface area contributed by atoms with Crippen molar-refractivity contribution in [3.63, 3.8) is 0 Å². The summed E-state index contributed by atoms with van der Waals surface area (Å²) in [5.41, 5.74) is 6.19. The van der Waals surface area contributed by atoms with Gasteiger partial charge in [-0.05, 0) is 13.0 Å². The van der Waals surface area contributed by atoms with E-state index in [1.807, 2.05) is 6.92 Å². The van der Waals surface area contributed by atoms with Crippen molar-refractivity contribution in [2.75, 3.05) is 31.4 Å². The number of nitrogens with two attached hydrogens (primary N) is 1. The molecule has 94 valence electrons. The maximum Gasteiger partial charge on any atom is 0.340 e. The molecule has 0 bridgehead atoms. The Morgan fingerprint density at radius 2 is 2.35 bits per heavy atom. The summed E-state index contributed by atoms with van der Waals surface area (Å²) in [6, 6.07) is 1.45. The fourth-order valence-corrected chi connectivity index (χ4v) is 1.28. The van der Waals surface area contributed by atoms with Crippen LogP contribution in [-0.4, -0.2) is 42.9 Å². The third-order valence-electron chi connectivity index (χ3n) is 2.61. The van der Waals surface area contributed by atoms with Gasteiger partial charge in [0.2, 0.25) is 0 Å². The fourth-order valence-electron chi connectivity index (χ4n) is 1.28. The number of hydrogen-bond acceptors (Lipinski definition) is 6. The normalized spacial score (nSPS) is 12.0. The Kier molecular flexibility index (Phi) is 4.28. The zero-order chi connectivity index (χ0) is 13.0. The van der Waals surface area contributed by atoms with Crippen molar-refractivity contribution in [1.29, 1.82) is 0 Å². The molecule has 0 fully saturated rings. The lowest BCUT2D eigenvalue weighted by Gasteiger charge is -2.24. The molecule has 0 radical (unpaired) electrons. The molecule has 0 aliphatic carbocycles. The second kappa shape index (κ2) is 5.49. The number of aliphatic hydroxyl groups is 1. The van der Waals surface area contributed by atoms with Crippen molar-refractivity contribution in [2.45, 2.75) is 13.0 Å². The number of methoxy groups -OCH3 is 1. The Hall–Kier alpha value is -1.82. The quantitative estimate of drug-likeness (QED) is 0.733. The molecule has 1 heterocycles. The molecule has 0 amide bonds. The van der Waals surface area contributed by atoms with E-state index in [4.69, 9.17) is 10.8 Å². The number of carbonyl (C=O) groups is 1. The SMILES string of the molecule is COC(=O)c1cc(N(C)C(C)CO)ncc1N. The molecule has 1 aromatic rings. The van der Waals surface area contributed by atoms with Gasteiger partial charge in [-0.3, -0.25) is 0 Å². The molecule has 1 aromatic heterocycles. The zero-order valence-corrected chi connectivity index (χ0v) is 10.2. The van der Waals surface area contributed by atoms with Crippen molar-refractivity contribution in [1.82, 2.24) is 4.98 Å². The highest BCUT2D eigenvalue weighted by Crippen LogP contribution is 2.19. The largest absolute Gasteiger partial charge is 0.465 e. The topological polar surface area (TPSA) is 88.7 Å². The lowest BCUT2D eigenvalue weighted by Crippen LogP contribution is -2.32. The molecule has 1 rings (SSSR count). The molecule has 0 saturated carbocycles. The summed E-state index contributed by atoms with van der Waals surface area (Å²) in [6.45, 7) is 1.84. The van der Waals surface area contributed by atoms with E-state index in [2.05, 4.69) is 9.72 Å². The van der Waals surface area contributed by atoms with Crippen molar-refractivity contribution >= 4 is 17.5 Å². The summed E-state index contributed by atoms with van der Waals surface area (Å²) in [6.07, 6.45) is 1.40. The molecule has 0 saturated heterocycles. The number of nitrogens with zero attached hydrogens (tertiary/aromatic N) is 2. The van der Waals surface area contributed by atoms with Crippen LogP contribution in [0.15, 0.2) is 12.3 Å². The monoisotopic (exact) mass is 239 g/mol. The first-order chi connectivity index (χ1) is 8.01. The minimum atomic E-state index is -0.504. The van der Waals surface area contributed by atoms with Crippen LogP contribution in [0.3, 0.4) is 0 Å². The molecule has 6 heteroatoms. The van der Waals surface area contributed by atoms with Gasteiger partial charge in [0.15, 0.2) is 0 Å². The molecule has 6 nitrogen and oxygen atoms in total. The van der Waals surface area contributed by atoms with Crippen LogP contribution in [0.5, 0.6) is 0 Å². The molecule has 17 heavy (non-hydrogen) atoms. The van der Waals surface area contributed by atoms with Crippen LogP contribution < -0.4 is 10.6 Å². The molecule has 1 atom stereocenters. The number of rotatable bonds is 4. The van der Waals surface area contributed by atoms with Crippen LogP contribution in [0.1, 0.15) is 17.3 Å². The Labute approximate surface area is 100 Å². The molecule has 0 aliphatic heterocycles. The number of aliphatic hydroxyl groups excluding tert-OH is 1. The third kappa shape index (κ3) is 2.85. The van der Waals surface area contributed by atoms with Crippen LogP contribution in [0.2, 0.25) is 0 Å². The van der Waals surface area contributed by atoms with E-state index < -0.39 is 5.97 Å². The molecule has 0 aromatic carbocycles. The standard InChI is InChI=1S/C11H17N3O3/c1-7(6-15)14(2)10-4-8(11(16)17-3)9(12)5-13-10/h4-5,7,15H,6,12H2,1-3H3. The molecule has 3 N–H and O–H groups in total. The Morgan fingerprint density at radius 3 is 2.88 bits per heavy atom. The molecular weight excluding hydrogens is 222 g/mol. The van der Waals surface area contributed by atoms with Gasteiger partial charge in [0.1, 0.15) is 5.82 Å². The lowest BCUT2D eigenvalue weighted by atomic mass is 10.2. The van der Waals surface area contributed by atoms with Gasteiger partial charge in [0, 0.05) is 7.05 Å². The summed E-state index contributed by atoms with van der Waals surface area (Å²) in [5.74, 6) is 0.0531. The summed E-state index contributed by atoms with van der Waals surface area (Å²) in [4.78, 5) is 17.3. The summed E-state index contributed by atoms with van der Waals surface area (Å²) >= 11 is 0. The number of ether oxygens (including phenoxy) is 1. The number of nitrogen functional groups attached to an aromatic ring is 1. The molecular formula is C11H17N3O3. The smallest absolute Gasteiger partial charge is 0.340 e. The number of likely N-dealkylation sites (N-methyl/N-ethyl adjacent to an activating group) is 1. The van der Waals surface area contributed by atoms with Crippen LogP contribution >= 0.6 is 0 Å². The van der Waals surface area contributed by atoms with Crippen LogP contribution in [-0.2, 0) is 4.74 Å². The predicted molar refractivity (Wildman–Crippen MR) is 64.9 cm³/mol. The van der Waals surface area contributed by atoms with Crippen molar-refractivity contribution in [2.24, 2.45) is 0 Å². The number of hydrogen-bond donors (Lipinski definition) is 2. The second-order valence-electron chi connectivity index (χ2n) is 3.76. The highest BCUT2D eigenvalue weighted by Gasteiger charge is 2.15. The number of esters is 1. The van der Waals surface area contributed by atoms with Gasteiger partial charge in [0.05, 0.1) is 37.2 Å². The summed E-state index contributed by atoms with van der Waals surface area (Å²) < 4.78 is 4.62. The van der Waals surface area contributed by atoms with Crippen LogP contribution in [0, 0.1) is 0 Å². The van der Waals surface area contributed by atoms with E-state index in [1.54, 1.807) is 18.0 Å². The van der Waals surface area contributed by atoms with E-state index in [-0.39, 0.29) is 23.9 Å². The minimum absolute atomic E-state index is 0.00386. The first-order valence-electron chi connectivity index (χ1n) is 5.18. The first-order valence-corrected chi connectivity index (χ1v) is 5.18.